The maximum Gasteiger partial charge on any atom is 0.410 e. The van der Waals surface area contributed by atoms with E-state index in [9.17, 15) is 4.79 Å². The third-order valence-electron chi connectivity index (χ3n) is 8.19. The Kier molecular flexibility index (Phi) is 6.53. The van der Waals surface area contributed by atoms with Gasteiger partial charge in [0.25, 0.3) is 0 Å². The van der Waals surface area contributed by atoms with Crippen LogP contribution in [0.15, 0.2) is 12.1 Å². The molecule has 1 amide bonds. The topological polar surface area (TPSA) is 93.8 Å². The predicted molar refractivity (Wildman–Crippen MR) is 163 cm³/mol. The number of anilines is 2. The number of carbonyl (C=O) groups excluding carboxylic acids is 1. The minimum absolute atomic E-state index is 0.0450. The van der Waals surface area contributed by atoms with Gasteiger partial charge in [0, 0.05) is 32.4 Å². The van der Waals surface area contributed by atoms with Crippen molar-refractivity contribution in [2.75, 3.05) is 17.2 Å². The number of pyridine rings is 2. The van der Waals surface area contributed by atoms with Gasteiger partial charge in [-0.2, -0.15) is 0 Å². The highest BCUT2D eigenvalue weighted by Gasteiger charge is 2.53. The molecule has 4 atom stereocenters. The van der Waals surface area contributed by atoms with E-state index in [0.717, 1.165) is 24.1 Å². The fraction of sp³-hybridized carbons (Fsp3) is 0.483. The molecular formula is C29H32ClFIN5O3. The van der Waals surface area contributed by atoms with E-state index in [2.05, 4.69) is 27.5 Å². The van der Waals surface area contributed by atoms with E-state index in [4.69, 9.17) is 36.8 Å². The van der Waals surface area contributed by atoms with Crippen molar-refractivity contribution >= 4 is 62.6 Å². The zero-order chi connectivity index (χ0) is 28.8. The molecule has 0 aliphatic carbocycles. The lowest BCUT2D eigenvalue weighted by Crippen LogP contribution is -2.65. The van der Waals surface area contributed by atoms with Crippen LogP contribution in [0.5, 0.6) is 5.88 Å². The Hall–Kier alpha value is -2.60. The summed E-state index contributed by atoms with van der Waals surface area (Å²) in [7, 11) is 0. The molecule has 11 heteroatoms. The van der Waals surface area contributed by atoms with E-state index >= 15 is 4.39 Å². The molecule has 2 fully saturated rings. The summed E-state index contributed by atoms with van der Waals surface area (Å²) in [6.45, 7) is 11.9. The number of ether oxygens (including phenoxy) is 2. The summed E-state index contributed by atoms with van der Waals surface area (Å²) < 4.78 is 29.6. The molecule has 3 aliphatic rings. The van der Waals surface area contributed by atoms with Crippen molar-refractivity contribution < 1.29 is 18.7 Å². The van der Waals surface area contributed by atoms with Crippen LogP contribution in [-0.2, 0) is 4.74 Å². The van der Waals surface area contributed by atoms with Crippen molar-refractivity contribution in [1.29, 1.82) is 0 Å². The second kappa shape index (κ2) is 9.47. The third kappa shape index (κ3) is 4.24. The Morgan fingerprint density at radius 1 is 1.23 bits per heavy atom. The molecule has 2 N–H and O–H groups in total. The number of rotatable bonds is 1. The molecule has 1 aromatic carbocycles. The van der Waals surface area contributed by atoms with Crippen LogP contribution < -0.4 is 15.4 Å². The Morgan fingerprint density at radius 3 is 2.65 bits per heavy atom. The lowest BCUT2D eigenvalue weighted by atomic mass is 9.97. The number of nitrogens with zero attached hydrogens (tertiary/aromatic N) is 4. The molecule has 0 unspecified atom stereocenters. The van der Waals surface area contributed by atoms with Crippen LogP contribution in [0, 0.1) is 23.2 Å². The van der Waals surface area contributed by atoms with Crippen LogP contribution in [-0.4, -0.2) is 57.3 Å². The third-order valence-corrected chi connectivity index (χ3v) is 9.97. The van der Waals surface area contributed by atoms with E-state index in [1.54, 1.807) is 12.1 Å². The first-order chi connectivity index (χ1) is 18.8. The van der Waals surface area contributed by atoms with Gasteiger partial charge >= 0.3 is 6.09 Å². The number of nitrogen functional groups attached to an aromatic ring is 1. The van der Waals surface area contributed by atoms with Crippen LogP contribution >= 0.6 is 34.2 Å². The molecule has 0 spiro atoms. The maximum atomic E-state index is 16.6. The van der Waals surface area contributed by atoms with Crippen molar-refractivity contribution in [3.63, 3.8) is 0 Å². The fourth-order valence-electron chi connectivity index (χ4n) is 6.46. The minimum atomic E-state index is -0.601. The average molecular weight is 680 g/mol. The number of amides is 1. The molecule has 3 aliphatic heterocycles. The standard InChI is InChI=1S/C29H32ClFIN5O3/c1-12-13(2)34-26-21-20(12)22(31)24(17-9-15(33)10-18(30)23(17)32)35-27(21)39-14(3)25-19-8-7-16(11-36(25)26)37(19)28(38)40-29(4,5)6/h9-10,14,16,19,25H,7-8,11,33H2,1-6H3/t14-,16+,19-,25+/m0/s1. The Morgan fingerprint density at radius 2 is 1.95 bits per heavy atom. The van der Waals surface area contributed by atoms with Gasteiger partial charge in [0.05, 0.1) is 28.5 Å². The largest absolute Gasteiger partial charge is 0.472 e. The summed E-state index contributed by atoms with van der Waals surface area (Å²) in [5.41, 5.74) is 7.99. The first kappa shape index (κ1) is 27.6. The van der Waals surface area contributed by atoms with Crippen LogP contribution in [0.25, 0.3) is 22.0 Å². The Bertz CT molecular complexity index is 1580. The summed E-state index contributed by atoms with van der Waals surface area (Å²) in [6, 6.07) is 2.92. The number of aromatic nitrogens is 2. The SMILES string of the molecule is Cc1nc2c3c(nc(-c4cc(N)cc(Cl)c4I)c(F)c3c1C)O[C@@H](C)[C@@H]1[C@@H]3CC[C@H](CN21)N3C(=O)OC(C)(C)C. The van der Waals surface area contributed by atoms with E-state index in [1.807, 2.05) is 46.4 Å². The second-order valence-electron chi connectivity index (χ2n) is 12.0. The highest BCUT2D eigenvalue weighted by atomic mass is 127. The molecule has 2 aromatic heterocycles. The van der Waals surface area contributed by atoms with Gasteiger partial charge in [-0.25, -0.2) is 19.2 Å². The number of piperazine rings is 1. The molecule has 40 heavy (non-hydrogen) atoms. The summed E-state index contributed by atoms with van der Waals surface area (Å²) in [6.07, 6.45) is 0.980. The first-order valence-electron chi connectivity index (χ1n) is 13.5. The first-order valence-corrected chi connectivity index (χ1v) is 14.9. The molecule has 8 nitrogen and oxygen atoms in total. The zero-order valence-corrected chi connectivity index (χ0v) is 26.2. The van der Waals surface area contributed by atoms with E-state index in [0.29, 0.717) is 48.9 Å². The molecule has 0 saturated carbocycles. The monoisotopic (exact) mass is 679 g/mol. The molecule has 6 rings (SSSR count). The highest BCUT2D eigenvalue weighted by molar-refractivity contribution is 14.1. The summed E-state index contributed by atoms with van der Waals surface area (Å²) in [4.78, 5) is 27.2. The van der Waals surface area contributed by atoms with Crippen molar-refractivity contribution in [2.45, 2.75) is 84.2 Å². The maximum absolute atomic E-state index is 16.6. The van der Waals surface area contributed by atoms with E-state index in [-0.39, 0.29) is 36.0 Å². The van der Waals surface area contributed by atoms with Crippen LogP contribution in [0.2, 0.25) is 5.02 Å². The van der Waals surface area contributed by atoms with Gasteiger partial charge in [0.2, 0.25) is 5.88 Å². The molecule has 0 radical (unpaired) electrons. The molecule has 212 valence electrons. The number of benzene rings is 1. The summed E-state index contributed by atoms with van der Waals surface area (Å²) in [5.74, 6) is 0.488. The molecule has 3 aromatic rings. The molecular weight excluding hydrogens is 648 g/mol. The number of fused-ring (bicyclic) bond motifs is 5. The number of nitrogens with two attached hydrogens (primary N) is 1. The van der Waals surface area contributed by atoms with Gasteiger partial charge in [0.1, 0.15) is 23.2 Å². The lowest BCUT2D eigenvalue weighted by Gasteiger charge is -2.48. The van der Waals surface area contributed by atoms with Gasteiger partial charge in [-0.15, -0.1) is 0 Å². The van der Waals surface area contributed by atoms with Gasteiger partial charge in [-0.3, -0.25) is 4.90 Å². The summed E-state index contributed by atoms with van der Waals surface area (Å²) >= 11 is 8.51. The number of hydrogen-bond donors (Lipinski definition) is 1. The van der Waals surface area contributed by atoms with Crippen LogP contribution in [0.1, 0.15) is 51.8 Å². The molecule has 2 saturated heterocycles. The van der Waals surface area contributed by atoms with Gasteiger partial charge in [0.15, 0.2) is 5.82 Å². The molecule has 2 bridgehead atoms. The fourth-order valence-corrected chi connectivity index (χ4v) is 7.25. The number of carbonyl (C=O) groups is 1. The quantitative estimate of drug-likeness (QED) is 0.228. The predicted octanol–water partition coefficient (Wildman–Crippen LogP) is 6.63. The van der Waals surface area contributed by atoms with Crippen molar-refractivity contribution in [2.24, 2.45) is 0 Å². The van der Waals surface area contributed by atoms with Gasteiger partial charge in [-0.1, -0.05) is 11.6 Å². The van der Waals surface area contributed by atoms with Crippen LogP contribution in [0.3, 0.4) is 0 Å². The van der Waals surface area contributed by atoms with Crippen molar-refractivity contribution in [3.05, 3.63) is 37.8 Å². The second-order valence-corrected chi connectivity index (χ2v) is 13.5. The van der Waals surface area contributed by atoms with Gasteiger partial charge in [-0.05, 0) is 94.7 Å². The number of hydrogen-bond acceptors (Lipinski definition) is 7. The molecule has 5 heterocycles. The summed E-state index contributed by atoms with van der Waals surface area (Å²) in [5, 5.41) is 1.40. The van der Waals surface area contributed by atoms with E-state index < -0.39 is 11.4 Å². The Balaban J connectivity index is 1.54. The van der Waals surface area contributed by atoms with Gasteiger partial charge < -0.3 is 20.1 Å². The van der Waals surface area contributed by atoms with Crippen molar-refractivity contribution in [1.82, 2.24) is 14.9 Å². The van der Waals surface area contributed by atoms with Crippen LogP contribution in [0.4, 0.5) is 20.7 Å². The zero-order valence-electron chi connectivity index (χ0n) is 23.3. The lowest BCUT2D eigenvalue weighted by molar-refractivity contribution is 0.000959. The normalized spacial score (nSPS) is 23.6. The minimum Gasteiger partial charge on any atom is -0.472 e. The smallest absolute Gasteiger partial charge is 0.410 e. The average Bonchev–Trinajstić information content (AvgIpc) is 3.11. The van der Waals surface area contributed by atoms with E-state index in [1.165, 1.54) is 0 Å². The number of halogens is 3. The van der Waals surface area contributed by atoms with Crippen molar-refractivity contribution in [3.8, 4) is 17.1 Å². The number of aryl methyl sites for hydroxylation is 2. The highest BCUT2D eigenvalue weighted by Crippen LogP contribution is 2.48. The Labute approximate surface area is 251 Å².